The fourth-order valence-electron chi connectivity index (χ4n) is 4.08. The zero-order chi connectivity index (χ0) is 19.1. The van der Waals surface area contributed by atoms with Crippen LogP contribution in [0.15, 0.2) is 78.9 Å². The second kappa shape index (κ2) is 6.61. The molecule has 1 atom stereocenters. The van der Waals surface area contributed by atoms with Gasteiger partial charge in [0.2, 0.25) is 0 Å². The van der Waals surface area contributed by atoms with E-state index < -0.39 is 0 Å². The maximum Gasteiger partial charge on any atom is 0.161 e. The molecule has 1 heterocycles. The lowest BCUT2D eigenvalue weighted by atomic mass is 9.81. The molecular weight excluding hydrogens is 348 g/mol. The summed E-state index contributed by atoms with van der Waals surface area (Å²) in [6.45, 7) is 0. The maximum atomic E-state index is 6.39. The van der Waals surface area contributed by atoms with Crippen LogP contribution in [-0.2, 0) is 0 Å². The Kier molecular flexibility index (Phi) is 3.94. The first-order chi connectivity index (χ1) is 13.8. The van der Waals surface area contributed by atoms with Gasteiger partial charge >= 0.3 is 0 Å². The van der Waals surface area contributed by atoms with Gasteiger partial charge in [0.1, 0.15) is 11.5 Å². The first-order valence-corrected chi connectivity index (χ1v) is 9.30. The van der Waals surface area contributed by atoms with Crippen LogP contribution in [0.3, 0.4) is 0 Å². The molecule has 0 saturated heterocycles. The summed E-state index contributed by atoms with van der Waals surface area (Å²) in [6.07, 6.45) is 0. The molecule has 0 spiro atoms. The predicted molar refractivity (Wildman–Crippen MR) is 111 cm³/mol. The smallest absolute Gasteiger partial charge is 0.161 e. The van der Waals surface area contributed by atoms with Crippen LogP contribution >= 0.6 is 0 Å². The third-order valence-electron chi connectivity index (χ3n) is 5.40. The number of rotatable bonds is 3. The van der Waals surface area contributed by atoms with Crippen LogP contribution in [0.25, 0.3) is 10.8 Å². The molecule has 138 valence electrons. The Bertz CT molecular complexity index is 1180. The lowest BCUT2D eigenvalue weighted by Crippen LogP contribution is -2.12. The maximum absolute atomic E-state index is 6.39. The van der Waals surface area contributed by atoms with Crippen LogP contribution in [0.5, 0.6) is 23.0 Å². The van der Waals surface area contributed by atoms with Gasteiger partial charge in [0.15, 0.2) is 11.5 Å². The molecule has 0 fully saturated rings. The van der Waals surface area contributed by atoms with Crippen molar-refractivity contribution < 1.29 is 14.2 Å². The number of benzene rings is 4. The van der Waals surface area contributed by atoms with Crippen molar-refractivity contribution >= 4 is 10.8 Å². The SMILES string of the molecule is COc1ccc(C2c3ccccc3Oc3c2ccc2ccccc32)cc1OC. The van der Waals surface area contributed by atoms with Gasteiger partial charge in [0.25, 0.3) is 0 Å². The molecule has 1 unspecified atom stereocenters. The molecule has 0 radical (unpaired) electrons. The van der Waals surface area contributed by atoms with Gasteiger partial charge in [-0.05, 0) is 29.1 Å². The van der Waals surface area contributed by atoms with Crippen LogP contribution in [0.2, 0.25) is 0 Å². The molecule has 0 aliphatic carbocycles. The highest BCUT2D eigenvalue weighted by Gasteiger charge is 2.30. The highest BCUT2D eigenvalue weighted by Crippen LogP contribution is 2.50. The van der Waals surface area contributed by atoms with E-state index >= 15 is 0 Å². The molecule has 1 aliphatic heterocycles. The standard InChI is InChI=1S/C25H20O3/c1-26-22-14-12-17(15-23(22)27-2)24-19-9-5-6-10-21(19)28-25-18-8-4-3-7-16(18)11-13-20(24)25/h3-15,24H,1-2H3. The van der Waals surface area contributed by atoms with Crippen molar-refractivity contribution in [3.63, 3.8) is 0 Å². The topological polar surface area (TPSA) is 27.7 Å². The highest BCUT2D eigenvalue weighted by molar-refractivity contribution is 5.91. The first kappa shape index (κ1) is 16.7. The Balaban J connectivity index is 1.78. The summed E-state index contributed by atoms with van der Waals surface area (Å²) in [5.41, 5.74) is 3.45. The monoisotopic (exact) mass is 368 g/mol. The van der Waals surface area contributed by atoms with Gasteiger partial charge < -0.3 is 14.2 Å². The number of hydrogen-bond acceptors (Lipinski definition) is 3. The second-order valence-electron chi connectivity index (χ2n) is 6.89. The molecule has 0 saturated carbocycles. The molecule has 3 nitrogen and oxygen atoms in total. The number of para-hydroxylation sites is 1. The van der Waals surface area contributed by atoms with Gasteiger partial charge in [-0.3, -0.25) is 0 Å². The van der Waals surface area contributed by atoms with E-state index in [0.29, 0.717) is 0 Å². The molecule has 0 bridgehead atoms. The van der Waals surface area contributed by atoms with Crippen molar-refractivity contribution in [1.29, 1.82) is 0 Å². The average molecular weight is 368 g/mol. The van der Waals surface area contributed by atoms with Crippen molar-refractivity contribution in [3.05, 3.63) is 95.6 Å². The molecule has 1 aliphatic rings. The Morgan fingerprint density at radius 3 is 2.36 bits per heavy atom. The van der Waals surface area contributed by atoms with E-state index in [-0.39, 0.29) is 5.92 Å². The van der Waals surface area contributed by atoms with E-state index in [2.05, 4.69) is 60.7 Å². The zero-order valence-electron chi connectivity index (χ0n) is 15.8. The van der Waals surface area contributed by atoms with Crippen LogP contribution in [-0.4, -0.2) is 14.2 Å². The molecular formula is C25H20O3. The minimum atomic E-state index is 0.0596. The Labute approximate surface area is 164 Å². The van der Waals surface area contributed by atoms with Gasteiger partial charge in [-0.25, -0.2) is 0 Å². The summed E-state index contributed by atoms with van der Waals surface area (Å²) in [6, 6.07) is 27.1. The quantitative estimate of drug-likeness (QED) is 0.383. The van der Waals surface area contributed by atoms with E-state index in [9.17, 15) is 0 Å². The Morgan fingerprint density at radius 2 is 1.50 bits per heavy atom. The van der Waals surface area contributed by atoms with E-state index in [1.54, 1.807) is 14.2 Å². The number of methoxy groups -OCH3 is 2. The molecule has 0 N–H and O–H groups in total. The Hall–Kier alpha value is -3.46. The van der Waals surface area contributed by atoms with Gasteiger partial charge in [-0.2, -0.15) is 0 Å². The number of fused-ring (bicyclic) bond motifs is 4. The van der Waals surface area contributed by atoms with Gasteiger partial charge in [0.05, 0.1) is 14.2 Å². The molecule has 28 heavy (non-hydrogen) atoms. The lowest BCUT2D eigenvalue weighted by molar-refractivity contribution is 0.354. The summed E-state index contributed by atoms with van der Waals surface area (Å²) >= 11 is 0. The molecule has 4 aromatic carbocycles. The minimum absolute atomic E-state index is 0.0596. The lowest BCUT2D eigenvalue weighted by Gasteiger charge is -2.30. The van der Waals surface area contributed by atoms with E-state index in [1.165, 1.54) is 5.39 Å². The molecule has 4 aromatic rings. The van der Waals surface area contributed by atoms with Gasteiger partial charge in [-0.1, -0.05) is 60.7 Å². The van der Waals surface area contributed by atoms with Gasteiger partial charge in [-0.15, -0.1) is 0 Å². The van der Waals surface area contributed by atoms with Crippen molar-refractivity contribution in [3.8, 4) is 23.0 Å². The fraction of sp³-hybridized carbons (Fsp3) is 0.120. The number of ether oxygens (including phenoxy) is 3. The third-order valence-corrected chi connectivity index (χ3v) is 5.40. The van der Waals surface area contributed by atoms with E-state index in [1.807, 2.05) is 18.2 Å². The normalized spacial score (nSPS) is 14.7. The second-order valence-corrected chi connectivity index (χ2v) is 6.89. The van der Waals surface area contributed by atoms with Crippen LogP contribution in [0.1, 0.15) is 22.6 Å². The summed E-state index contributed by atoms with van der Waals surface area (Å²) in [7, 11) is 3.32. The zero-order valence-corrected chi connectivity index (χ0v) is 15.8. The minimum Gasteiger partial charge on any atom is -0.493 e. The molecule has 0 amide bonds. The summed E-state index contributed by atoms with van der Waals surface area (Å²) in [4.78, 5) is 0. The van der Waals surface area contributed by atoms with Gasteiger partial charge in [0, 0.05) is 22.4 Å². The summed E-state index contributed by atoms with van der Waals surface area (Å²) in [5, 5.41) is 2.30. The summed E-state index contributed by atoms with van der Waals surface area (Å²) < 4.78 is 17.4. The van der Waals surface area contributed by atoms with Crippen molar-refractivity contribution in [2.45, 2.75) is 5.92 Å². The van der Waals surface area contributed by atoms with E-state index in [0.717, 1.165) is 45.1 Å². The van der Waals surface area contributed by atoms with Crippen molar-refractivity contribution in [1.82, 2.24) is 0 Å². The van der Waals surface area contributed by atoms with Crippen LogP contribution in [0, 0.1) is 0 Å². The van der Waals surface area contributed by atoms with E-state index in [4.69, 9.17) is 14.2 Å². The predicted octanol–water partition coefficient (Wildman–Crippen LogP) is 6.14. The fourth-order valence-corrected chi connectivity index (χ4v) is 4.08. The average Bonchev–Trinajstić information content (AvgIpc) is 2.77. The Morgan fingerprint density at radius 1 is 0.714 bits per heavy atom. The van der Waals surface area contributed by atoms with Crippen LogP contribution < -0.4 is 14.2 Å². The molecule has 5 rings (SSSR count). The van der Waals surface area contributed by atoms with Crippen molar-refractivity contribution in [2.75, 3.05) is 14.2 Å². The molecule has 0 aromatic heterocycles. The third kappa shape index (κ3) is 2.51. The number of hydrogen-bond donors (Lipinski definition) is 0. The van der Waals surface area contributed by atoms with Crippen molar-refractivity contribution in [2.24, 2.45) is 0 Å². The highest BCUT2D eigenvalue weighted by atomic mass is 16.5. The largest absolute Gasteiger partial charge is 0.493 e. The van der Waals surface area contributed by atoms with Crippen LogP contribution in [0.4, 0.5) is 0 Å². The first-order valence-electron chi connectivity index (χ1n) is 9.30. The summed E-state index contributed by atoms with van der Waals surface area (Å²) in [5.74, 6) is 3.34. The molecule has 3 heteroatoms.